The predicted molar refractivity (Wildman–Crippen MR) is 45.7 cm³/mol. The zero-order valence-electron chi connectivity index (χ0n) is 7.21. The number of hydrogen-bond acceptors (Lipinski definition) is 3. The summed E-state index contributed by atoms with van der Waals surface area (Å²) in [6, 6.07) is 4.81. The van der Waals surface area contributed by atoms with Gasteiger partial charge in [0.25, 0.3) is 0 Å². The summed E-state index contributed by atoms with van der Waals surface area (Å²) in [6.45, 7) is 0.720. The van der Waals surface area contributed by atoms with Crippen LogP contribution in [-0.4, -0.2) is 13.7 Å². The van der Waals surface area contributed by atoms with Gasteiger partial charge >= 0.3 is 0 Å². The van der Waals surface area contributed by atoms with Crippen LogP contribution in [0.15, 0.2) is 18.2 Å². The van der Waals surface area contributed by atoms with Crippen molar-refractivity contribution in [1.82, 2.24) is 0 Å². The van der Waals surface area contributed by atoms with Gasteiger partial charge in [0.05, 0.1) is 19.4 Å². The van der Waals surface area contributed by atoms with Gasteiger partial charge in [0, 0.05) is 0 Å². The van der Waals surface area contributed by atoms with E-state index in [1.807, 2.05) is 0 Å². The summed E-state index contributed by atoms with van der Waals surface area (Å²) in [4.78, 5) is 4.63. The number of ether oxygens (including phenoxy) is 1. The van der Waals surface area contributed by atoms with E-state index in [-0.39, 0.29) is 11.9 Å². The second kappa shape index (κ2) is 3.32. The van der Waals surface area contributed by atoms with Gasteiger partial charge in [-0.25, -0.2) is 4.39 Å². The van der Waals surface area contributed by atoms with E-state index in [2.05, 4.69) is 10.3 Å². The Kier molecular flexibility index (Phi) is 2.16. The van der Waals surface area contributed by atoms with Crippen LogP contribution in [-0.2, 0) is 9.57 Å². The summed E-state index contributed by atoms with van der Waals surface area (Å²) < 4.78 is 18.1. The van der Waals surface area contributed by atoms with E-state index in [0.717, 1.165) is 12.2 Å². The third kappa shape index (κ3) is 1.79. The number of halogens is 1. The molecule has 2 rings (SSSR count). The van der Waals surface area contributed by atoms with E-state index in [1.165, 1.54) is 13.2 Å². The molecule has 1 atom stereocenters. The van der Waals surface area contributed by atoms with E-state index in [1.54, 1.807) is 12.1 Å². The van der Waals surface area contributed by atoms with Gasteiger partial charge in [-0.05, 0) is 17.7 Å². The van der Waals surface area contributed by atoms with Crippen molar-refractivity contribution in [3.8, 4) is 0 Å². The van der Waals surface area contributed by atoms with Crippen LogP contribution in [0.3, 0.4) is 0 Å². The molecular weight excluding hydrogens is 173 g/mol. The van der Waals surface area contributed by atoms with Crippen molar-refractivity contribution in [2.75, 3.05) is 19.2 Å². The molecule has 0 spiro atoms. The highest BCUT2D eigenvalue weighted by molar-refractivity contribution is 5.46. The number of epoxide rings is 1. The van der Waals surface area contributed by atoms with Crippen molar-refractivity contribution >= 4 is 5.69 Å². The van der Waals surface area contributed by atoms with Gasteiger partial charge in [0.2, 0.25) is 0 Å². The van der Waals surface area contributed by atoms with Crippen molar-refractivity contribution in [3.63, 3.8) is 0 Å². The lowest BCUT2D eigenvalue weighted by atomic mass is 10.1. The fourth-order valence-corrected chi connectivity index (χ4v) is 1.17. The fraction of sp³-hybridized carbons (Fsp3) is 0.333. The van der Waals surface area contributed by atoms with Crippen molar-refractivity contribution in [1.29, 1.82) is 0 Å². The van der Waals surface area contributed by atoms with E-state index in [4.69, 9.17) is 4.74 Å². The molecule has 0 aliphatic carbocycles. The molecule has 1 unspecified atom stereocenters. The Morgan fingerprint density at radius 1 is 1.62 bits per heavy atom. The van der Waals surface area contributed by atoms with Crippen molar-refractivity contribution in [2.45, 2.75) is 6.10 Å². The molecule has 70 valence electrons. The molecule has 1 N–H and O–H groups in total. The monoisotopic (exact) mass is 183 g/mol. The van der Waals surface area contributed by atoms with Crippen LogP contribution < -0.4 is 5.48 Å². The lowest BCUT2D eigenvalue weighted by molar-refractivity contribution is 0.268. The predicted octanol–water partition coefficient (Wildman–Crippen LogP) is 1.87. The Balaban J connectivity index is 2.25. The normalized spacial score (nSPS) is 20.0. The average molecular weight is 183 g/mol. The molecule has 3 nitrogen and oxygen atoms in total. The van der Waals surface area contributed by atoms with E-state index in [0.29, 0.717) is 5.69 Å². The highest BCUT2D eigenvalue weighted by atomic mass is 19.1. The van der Waals surface area contributed by atoms with Gasteiger partial charge in [-0.15, -0.1) is 0 Å². The molecule has 1 aromatic rings. The number of anilines is 1. The van der Waals surface area contributed by atoms with Gasteiger partial charge < -0.3 is 4.74 Å². The Labute approximate surface area is 75.4 Å². The maximum atomic E-state index is 13.1. The van der Waals surface area contributed by atoms with Gasteiger partial charge in [-0.3, -0.25) is 10.3 Å². The summed E-state index contributed by atoms with van der Waals surface area (Å²) in [5.74, 6) is -0.328. The van der Waals surface area contributed by atoms with E-state index in [9.17, 15) is 4.39 Å². The second-order valence-electron chi connectivity index (χ2n) is 2.87. The lowest BCUT2D eigenvalue weighted by Crippen LogP contribution is -1.99. The Morgan fingerprint density at radius 2 is 2.38 bits per heavy atom. The van der Waals surface area contributed by atoms with Crippen LogP contribution in [0.5, 0.6) is 0 Å². The Morgan fingerprint density at radius 3 is 3.00 bits per heavy atom. The van der Waals surface area contributed by atoms with Gasteiger partial charge in [0.1, 0.15) is 11.9 Å². The molecule has 1 fully saturated rings. The van der Waals surface area contributed by atoms with Crippen LogP contribution in [0.2, 0.25) is 0 Å². The van der Waals surface area contributed by atoms with Crippen molar-refractivity contribution in [3.05, 3.63) is 29.6 Å². The minimum Gasteiger partial charge on any atom is -0.368 e. The van der Waals surface area contributed by atoms with Crippen molar-refractivity contribution in [2.24, 2.45) is 0 Å². The number of rotatable bonds is 3. The minimum absolute atomic E-state index is 0.137. The molecule has 1 aliphatic heterocycles. The molecule has 1 aliphatic rings. The quantitative estimate of drug-likeness (QED) is 0.573. The molecule has 1 heterocycles. The number of hydrogen-bond donors (Lipinski definition) is 1. The SMILES string of the molecule is CONc1cc(C2CO2)ccc1F. The first-order valence-corrected chi connectivity index (χ1v) is 4.01. The summed E-state index contributed by atoms with van der Waals surface area (Å²) in [5, 5.41) is 0. The third-order valence-electron chi connectivity index (χ3n) is 1.91. The summed E-state index contributed by atoms with van der Waals surface area (Å²) >= 11 is 0. The molecule has 0 radical (unpaired) electrons. The molecule has 0 amide bonds. The zero-order valence-corrected chi connectivity index (χ0v) is 7.21. The first kappa shape index (κ1) is 8.47. The van der Waals surface area contributed by atoms with Gasteiger partial charge in [-0.2, -0.15) is 0 Å². The lowest BCUT2D eigenvalue weighted by Gasteiger charge is -2.05. The van der Waals surface area contributed by atoms with Crippen LogP contribution >= 0.6 is 0 Å². The van der Waals surface area contributed by atoms with Gasteiger partial charge in [-0.1, -0.05) is 6.07 Å². The highest BCUT2D eigenvalue weighted by Gasteiger charge is 2.25. The Hall–Kier alpha value is -1.13. The van der Waals surface area contributed by atoms with Gasteiger partial charge in [0.15, 0.2) is 0 Å². The van der Waals surface area contributed by atoms with E-state index < -0.39 is 0 Å². The minimum atomic E-state index is -0.328. The molecule has 0 bridgehead atoms. The third-order valence-corrected chi connectivity index (χ3v) is 1.91. The molecule has 1 aromatic carbocycles. The Bertz CT molecular complexity index is 312. The first-order chi connectivity index (χ1) is 6.31. The standard InChI is InChI=1S/C9H10FNO2/c1-12-11-8-4-6(9-5-13-9)2-3-7(8)10/h2-4,9,11H,5H2,1H3. The molecule has 1 saturated heterocycles. The maximum absolute atomic E-state index is 13.1. The molecule has 0 saturated carbocycles. The zero-order chi connectivity index (χ0) is 9.26. The molecule has 13 heavy (non-hydrogen) atoms. The van der Waals surface area contributed by atoms with Crippen LogP contribution in [0.4, 0.5) is 10.1 Å². The molecule has 4 heteroatoms. The average Bonchev–Trinajstić information content (AvgIpc) is 2.92. The summed E-state index contributed by atoms with van der Waals surface area (Å²) in [7, 11) is 1.44. The molecular formula is C9H10FNO2. The number of benzene rings is 1. The number of nitrogens with one attached hydrogen (secondary N) is 1. The van der Waals surface area contributed by atoms with Crippen LogP contribution in [0.1, 0.15) is 11.7 Å². The molecule has 0 aromatic heterocycles. The second-order valence-corrected chi connectivity index (χ2v) is 2.87. The fourth-order valence-electron chi connectivity index (χ4n) is 1.17. The maximum Gasteiger partial charge on any atom is 0.148 e. The van der Waals surface area contributed by atoms with Crippen LogP contribution in [0.25, 0.3) is 0 Å². The topological polar surface area (TPSA) is 33.8 Å². The largest absolute Gasteiger partial charge is 0.368 e. The van der Waals surface area contributed by atoms with Crippen LogP contribution in [0, 0.1) is 5.82 Å². The van der Waals surface area contributed by atoms with Crippen molar-refractivity contribution < 1.29 is 14.0 Å². The smallest absolute Gasteiger partial charge is 0.148 e. The highest BCUT2D eigenvalue weighted by Crippen LogP contribution is 2.31. The summed E-state index contributed by atoms with van der Waals surface area (Å²) in [5.41, 5.74) is 3.78. The summed E-state index contributed by atoms with van der Waals surface area (Å²) in [6.07, 6.45) is 0.137. The van der Waals surface area contributed by atoms with E-state index >= 15 is 0 Å². The first-order valence-electron chi connectivity index (χ1n) is 4.01.